The maximum atomic E-state index is 11.7. The van der Waals surface area contributed by atoms with Crippen molar-refractivity contribution in [2.24, 2.45) is 0 Å². The first-order valence-corrected chi connectivity index (χ1v) is 8.23. The van der Waals surface area contributed by atoms with Crippen LogP contribution in [0.5, 0.6) is 0 Å². The summed E-state index contributed by atoms with van der Waals surface area (Å²) in [6.07, 6.45) is 2.87. The minimum atomic E-state index is -0.170. The standard InChI is InChI=1S/C17H26N2O3/c1-4-14-5-6-15(22-14)11-19-9-7-17(8-10-19)13(2)18(3)16(20)12-21-17/h5-6,13H,4,7-12H2,1-3H3/t13-/m1/s1. The zero-order valence-electron chi connectivity index (χ0n) is 13.8. The number of aryl methyl sites for hydroxylation is 1. The second-order valence-corrected chi connectivity index (χ2v) is 6.53. The monoisotopic (exact) mass is 306 g/mol. The highest BCUT2D eigenvalue weighted by molar-refractivity contribution is 5.78. The zero-order chi connectivity index (χ0) is 15.7. The van der Waals surface area contributed by atoms with Crippen molar-refractivity contribution >= 4 is 5.91 Å². The maximum absolute atomic E-state index is 11.7. The smallest absolute Gasteiger partial charge is 0.248 e. The van der Waals surface area contributed by atoms with E-state index in [-0.39, 0.29) is 24.2 Å². The molecule has 0 radical (unpaired) electrons. The number of hydrogen-bond donors (Lipinski definition) is 0. The van der Waals surface area contributed by atoms with Crippen LogP contribution in [0.4, 0.5) is 0 Å². The van der Waals surface area contributed by atoms with Gasteiger partial charge in [0.25, 0.3) is 0 Å². The van der Waals surface area contributed by atoms with Crippen molar-refractivity contribution in [2.75, 3.05) is 26.7 Å². The van der Waals surface area contributed by atoms with E-state index in [0.29, 0.717) is 0 Å². The number of carbonyl (C=O) groups excluding carboxylic acids is 1. The van der Waals surface area contributed by atoms with E-state index in [1.165, 1.54) is 0 Å². The van der Waals surface area contributed by atoms with E-state index in [9.17, 15) is 4.79 Å². The number of furan rings is 1. The molecule has 0 unspecified atom stereocenters. The third kappa shape index (κ3) is 2.79. The summed E-state index contributed by atoms with van der Waals surface area (Å²) in [4.78, 5) is 16.0. The first-order valence-electron chi connectivity index (χ1n) is 8.23. The fraction of sp³-hybridized carbons (Fsp3) is 0.706. The molecule has 2 fully saturated rings. The summed E-state index contributed by atoms with van der Waals surface area (Å²) in [5, 5.41) is 0. The van der Waals surface area contributed by atoms with Gasteiger partial charge < -0.3 is 14.1 Å². The van der Waals surface area contributed by atoms with Crippen LogP contribution in [0.25, 0.3) is 0 Å². The van der Waals surface area contributed by atoms with Gasteiger partial charge in [0.05, 0.1) is 18.2 Å². The van der Waals surface area contributed by atoms with Crippen LogP contribution in [0.15, 0.2) is 16.5 Å². The molecule has 1 aromatic heterocycles. The molecule has 0 aliphatic carbocycles. The van der Waals surface area contributed by atoms with Gasteiger partial charge in [-0.2, -0.15) is 0 Å². The normalized spacial score (nSPS) is 25.9. The SMILES string of the molecule is CCc1ccc(CN2CCC3(CC2)OCC(=O)N(C)[C@@H]3C)o1. The van der Waals surface area contributed by atoms with Gasteiger partial charge in [0.1, 0.15) is 18.1 Å². The molecule has 5 heteroatoms. The number of carbonyl (C=O) groups is 1. The summed E-state index contributed by atoms with van der Waals surface area (Å²) < 4.78 is 11.8. The molecule has 0 bridgehead atoms. The number of piperidine rings is 1. The molecule has 0 aromatic carbocycles. The van der Waals surface area contributed by atoms with Crippen molar-refractivity contribution in [3.05, 3.63) is 23.7 Å². The predicted octanol–water partition coefficient (Wildman–Crippen LogP) is 2.05. The average Bonchev–Trinajstić information content (AvgIpc) is 2.99. The van der Waals surface area contributed by atoms with Crippen LogP contribution in [0.1, 0.15) is 38.2 Å². The molecule has 1 aromatic rings. The lowest BCUT2D eigenvalue weighted by atomic mass is 9.83. The topological polar surface area (TPSA) is 45.9 Å². The number of nitrogens with zero attached hydrogens (tertiary/aromatic N) is 2. The Bertz CT molecular complexity index is 532. The molecule has 22 heavy (non-hydrogen) atoms. The molecule has 0 N–H and O–H groups in total. The molecule has 0 saturated carbocycles. The van der Waals surface area contributed by atoms with Crippen molar-refractivity contribution < 1.29 is 13.9 Å². The van der Waals surface area contributed by atoms with Crippen molar-refractivity contribution in [3.63, 3.8) is 0 Å². The Hall–Kier alpha value is -1.33. The highest BCUT2D eigenvalue weighted by atomic mass is 16.5. The Morgan fingerprint density at radius 2 is 1.95 bits per heavy atom. The number of hydrogen-bond acceptors (Lipinski definition) is 4. The summed E-state index contributed by atoms with van der Waals surface area (Å²) in [5.74, 6) is 2.17. The summed E-state index contributed by atoms with van der Waals surface area (Å²) in [6, 6.07) is 4.29. The van der Waals surface area contributed by atoms with Crippen LogP contribution >= 0.6 is 0 Å². The van der Waals surface area contributed by atoms with E-state index in [2.05, 4.69) is 30.9 Å². The van der Waals surface area contributed by atoms with Crippen molar-refractivity contribution in [2.45, 2.75) is 51.3 Å². The first-order chi connectivity index (χ1) is 10.5. The van der Waals surface area contributed by atoms with Gasteiger partial charge in [-0.15, -0.1) is 0 Å². The van der Waals surface area contributed by atoms with Crippen molar-refractivity contribution in [1.82, 2.24) is 9.80 Å². The zero-order valence-corrected chi connectivity index (χ0v) is 13.8. The van der Waals surface area contributed by atoms with Gasteiger partial charge in [-0.3, -0.25) is 9.69 Å². The summed E-state index contributed by atoms with van der Waals surface area (Å²) in [7, 11) is 1.89. The van der Waals surface area contributed by atoms with Crippen LogP contribution in [0, 0.1) is 0 Å². The molecule has 3 heterocycles. The third-order valence-electron chi connectivity index (χ3n) is 5.37. The number of morpholine rings is 1. The molecule has 3 rings (SSSR count). The Balaban J connectivity index is 1.59. The lowest BCUT2D eigenvalue weighted by molar-refractivity contribution is -0.183. The van der Waals surface area contributed by atoms with Gasteiger partial charge in [-0.1, -0.05) is 6.92 Å². The van der Waals surface area contributed by atoms with E-state index < -0.39 is 0 Å². The Labute approximate surface area is 132 Å². The molecule has 1 amide bonds. The molecule has 2 saturated heterocycles. The Morgan fingerprint density at radius 1 is 1.27 bits per heavy atom. The quantitative estimate of drug-likeness (QED) is 0.857. The Kier molecular flexibility index (Phi) is 4.28. The molecular formula is C17H26N2O3. The number of ether oxygens (including phenoxy) is 1. The van der Waals surface area contributed by atoms with Crippen LogP contribution in [-0.2, 0) is 22.5 Å². The minimum absolute atomic E-state index is 0.0863. The first kappa shape index (κ1) is 15.6. The highest BCUT2D eigenvalue weighted by Gasteiger charge is 2.46. The fourth-order valence-corrected chi connectivity index (χ4v) is 3.57. The van der Waals surface area contributed by atoms with Gasteiger partial charge >= 0.3 is 0 Å². The predicted molar refractivity (Wildman–Crippen MR) is 83.5 cm³/mol. The highest BCUT2D eigenvalue weighted by Crippen LogP contribution is 2.35. The van der Waals surface area contributed by atoms with Crippen molar-refractivity contribution in [1.29, 1.82) is 0 Å². The number of amides is 1. The molecule has 1 atom stereocenters. The minimum Gasteiger partial charge on any atom is -0.465 e. The average molecular weight is 306 g/mol. The molecular weight excluding hydrogens is 280 g/mol. The Morgan fingerprint density at radius 3 is 2.59 bits per heavy atom. The second-order valence-electron chi connectivity index (χ2n) is 6.53. The maximum Gasteiger partial charge on any atom is 0.248 e. The van der Waals surface area contributed by atoms with E-state index in [1.807, 2.05) is 11.9 Å². The summed E-state index contributed by atoms with van der Waals surface area (Å²) in [5.41, 5.74) is -0.170. The summed E-state index contributed by atoms with van der Waals surface area (Å²) >= 11 is 0. The molecule has 5 nitrogen and oxygen atoms in total. The fourth-order valence-electron chi connectivity index (χ4n) is 3.57. The van der Waals surface area contributed by atoms with Crippen LogP contribution in [0.3, 0.4) is 0 Å². The molecule has 1 spiro atoms. The number of likely N-dealkylation sites (N-methyl/N-ethyl adjacent to an activating group) is 1. The molecule has 2 aliphatic heterocycles. The van der Waals surface area contributed by atoms with Gasteiger partial charge in [-0.05, 0) is 31.9 Å². The van der Waals surface area contributed by atoms with E-state index in [1.54, 1.807) is 0 Å². The van der Waals surface area contributed by atoms with E-state index >= 15 is 0 Å². The van der Waals surface area contributed by atoms with E-state index in [0.717, 1.165) is 50.4 Å². The second kappa shape index (κ2) is 6.05. The van der Waals surface area contributed by atoms with Crippen molar-refractivity contribution in [3.8, 4) is 0 Å². The van der Waals surface area contributed by atoms with Crippen LogP contribution < -0.4 is 0 Å². The van der Waals surface area contributed by atoms with Gasteiger partial charge in [0, 0.05) is 26.6 Å². The summed E-state index contributed by atoms with van der Waals surface area (Å²) in [6.45, 7) is 7.25. The third-order valence-corrected chi connectivity index (χ3v) is 5.37. The van der Waals surface area contributed by atoms with Crippen LogP contribution in [0.2, 0.25) is 0 Å². The number of rotatable bonds is 3. The molecule has 122 valence electrons. The van der Waals surface area contributed by atoms with Crippen LogP contribution in [-0.4, -0.2) is 54.1 Å². The van der Waals surface area contributed by atoms with Gasteiger partial charge in [-0.25, -0.2) is 0 Å². The van der Waals surface area contributed by atoms with E-state index in [4.69, 9.17) is 9.15 Å². The molecule has 2 aliphatic rings. The number of likely N-dealkylation sites (tertiary alicyclic amines) is 1. The van der Waals surface area contributed by atoms with Gasteiger partial charge in [0.15, 0.2) is 0 Å². The largest absolute Gasteiger partial charge is 0.465 e. The lowest BCUT2D eigenvalue weighted by Crippen LogP contribution is -2.62. The lowest BCUT2D eigenvalue weighted by Gasteiger charge is -2.50. The van der Waals surface area contributed by atoms with Gasteiger partial charge in [0.2, 0.25) is 5.91 Å².